The van der Waals surface area contributed by atoms with Gasteiger partial charge >= 0.3 is 0 Å². The highest BCUT2D eigenvalue weighted by atomic mass is 79.9. The molecule has 0 fully saturated rings. The predicted molar refractivity (Wildman–Crippen MR) is 70.5 cm³/mol. The lowest BCUT2D eigenvalue weighted by Crippen LogP contribution is -1.98. The van der Waals surface area contributed by atoms with Gasteiger partial charge in [0.1, 0.15) is 11.5 Å². The number of aryl methyl sites for hydroxylation is 2. The number of hydrogen-bond donors (Lipinski definition) is 0. The standard InChI is InChI=1S/C13H14BrFN2/c1-4-17-9(3)12(14)13(16-17)10-7-8(2)5-6-11(10)15/h5-7H,4H2,1-3H3. The summed E-state index contributed by atoms with van der Waals surface area (Å²) in [6.07, 6.45) is 0. The van der Waals surface area contributed by atoms with Gasteiger partial charge in [-0.3, -0.25) is 4.68 Å². The molecule has 0 aliphatic heterocycles. The summed E-state index contributed by atoms with van der Waals surface area (Å²) >= 11 is 3.49. The van der Waals surface area contributed by atoms with Crippen LogP contribution in [0.15, 0.2) is 22.7 Å². The van der Waals surface area contributed by atoms with Crippen molar-refractivity contribution < 1.29 is 4.39 Å². The zero-order valence-corrected chi connectivity index (χ0v) is 11.7. The monoisotopic (exact) mass is 296 g/mol. The number of rotatable bonds is 2. The maximum absolute atomic E-state index is 13.8. The SMILES string of the molecule is CCn1nc(-c2cc(C)ccc2F)c(Br)c1C. The molecule has 0 spiro atoms. The van der Waals surface area contributed by atoms with E-state index in [0.29, 0.717) is 11.3 Å². The van der Waals surface area contributed by atoms with Crippen molar-refractivity contribution in [3.63, 3.8) is 0 Å². The van der Waals surface area contributed by atoms with Crippen LogP contribution in [0.1, 0.15) is 18.2 Å². The average molecular weight is 297 g/mol. The highest BCUT2D eigenvalue weighted by molar-refractivity contribution is 9.10. The van der Waals surface area contributed by atoms with Gasteiger partial charge in [0.25, 0.3) is 0 Å². The molecule has 4 heteroatoms. The Morgan fingerprint density at radius 2 is 2.06 bits per heavy atom. The van der Waals surface area contributed by atoms with Crippen molar-refractivity contribution in [1.29, 1.82) is 0 Å². The minimum absolute atomic E-state index is 0.239. The molecule has 0 aliphatic rings. The van der Waals surface area contributed by atoms with Gasteiger partial charge in [-0.05, 0) is 48.8 Å². The molecule has 0 unspecified atom stereocenters. The summed E-state index contributed by atoms with van der Waals surface area (Å²) in [6.45, 7) is 6.71. The van der Waals surface area contributed by atoms with E-state index < -0.39 is 0 Å². The highest BCUT2D eigenvalue weighted by Crippen LogP contribution is 2.32. The molecule has 17 heavy (non-hydrogen) atoms. The summed E-state index contributed by atoms with van der Waals surface area (Å²) in [6, 6.07) is 5.07. The number of benzene rings is 1. The summed E-state index contributed by atoms with van der Waals surface area (Å²) in [5.74, 6) is -0.239. The van der Waals surface area contributed by atoms with Crippen LogP contribution >= 0.6 is 15.9 Å². The molecular weight excluding hydrogens is 283 g/mol. The van der Waals surface area contributed by atoms with Crippen LogP contribution in [-0.2, 0) is 6.54 Å². The molecule has 2 rings (SSSR count). The highest BCUT2D eigenvalue weighted by Gasteiger charge is 2.16. The second-order valence-corrected chi connectivity index (χ2v) is 4.84. The topological polar surface area (TPSA) is 17.8 Å². The largest absolute Gasteiger partial charge is 0.268 e. The van der Waals surface area contributed by atoms with Gasteiger partial charge in [-0.25, -0.2) is 4.39 Å². The Labute approximate surface area is 109 Å². The molecule has 0 saturated heterocycles. The van der Waals surface area contributed by atoms with Crippen LogP contribution < -0.4 is 0 Å². The third-order valence-corrected chi connectivity index (χ3v) is 3.76. The van der Waals surface area contributed by atoms with Crippen molar-refractivity contribution in [3.05, 3.63) is 39.7 Å². The van der Waals surface area contributed by atoms with Gasteiger partial charge in [0.05, 0.1) is 10.2 Å². The Balaban J connectivity index is 2.64. The maximum Gasteiger partial charge on any atom is 0.132 e. The Morgan fingerprint density at radius 1 is 1.35 bits per heavy atom. The molecule has 1 aromatic heterocycles. The fourth-order valence-electron chi connectivity index (χ4n) is 1.82. The van der Waals surface area contributed by atoms with Gasteiger partial charge < -0.3 is 0 Å². The molecule has 2 aromatic rings. The van der Waals surface area contributed by atoms with Crippen molar-refractivity contribution >= 4 is 15.9 Å². The third kappa shape index (κ3) is 2.14. The smallest absolute Gasteiger partial charge is 0.132 e. The van der Waals surface area contributed by atoms with Gasteiger partial charge in [0.15, 0.2) is 0 Å². The second-order valence-electron chi connectivity index (χ2n) is 4.05. The van der Waals surface area contributed by atoms with E-state index in [-0.39, 0.29) is 5.82 Å². The molecular formula is C13H14BrFN2. The van der Waals surface area contributed by atoms with E-state index in [2.05, 4.69) is 21.0 Å². The fourth-order valence-corrected chi connectivity index (χ4v) is 2.32. The molecule has 2 nitrogen and oxygen atoms in total. The summed E-state index contributed by atoms with van der Waals surface area (Å²) in [5.41, 5.74) is 3.26. The second kappa shape index (κ2) is 4.61. The summed E-state index contributed by atoms with van der Waals surface area (Å²) < 4.78 is 16.5. The van der Waals surface area contributed by atoms with Gasteiger partial charge in [-0.2, -0.15) is 5.10 Å². The van der Waals surface area contributed by atoms with Crippen LogP contribution in [0, 0.1) is 19.7 Å². The molecule has 0 bridgehead atoms. The van der Waals surface area contributed by atoms with Crippen LogP contribution in [0.25, 0.3) is 11.3 Å². The normalized spacial score (nSPS) is 10.9. The van der Waals surface area contributed by atoms with Crippen LogP contribution in [-0.4, -0.2) is 9.78 Å². The van der Waals surface area contributed by atoms with Crippen LogP contribution in [0.3, 0.4) is 0 Å². The lowest BCUT2D eigenvalue weighted by atomic mass is 10.1. The minimum Gasteiger partial charge on any atom is -0.268 e. The molecule has 0 atom stereocenters. The van der Waals surface area contributed by atoms with E-state index in [9.17, 15) is 4.39 Å². The Kier molecular flexibility index (Phi) is 3.33. The van der Waals surface area contributed by atoms with Crippen molar-refractivity contribution in [1.82, 2.24) is 9.78 Å². The van der Waals surface area contributed by atoms with E-state index in [0.717, 1.165) is 22.3 Å². The van der Waals surface area contributed by atoms with Crippen molar-refractivity contribution in [2.75, 3.05) is 0 Å². The molecule has 0 N–H and O–H groups in total. The van der Waals surface area contributed by atoms with Crippen LogP contribution in [0.4, 0.5) is 4.39 Å². The predicted octanol–water partition coefficient (Wildman–Crippen LogP) is 4.09. The first-order valence-corrected chi connectivity index (χ1v) is 6.33. The summed E-state index contributed by atoms with van der Waals surface area (Å²) in [5, 5.41) is 4.43. The van der Waals surface area contributed by atoms with Gasteiger partial charge in [-0.15, -0.1) is 0 Å². The van der Waals surface area contributed by atoms with E-state index in [1.54, 1.807) is 6.07 Å². The molecule has 1 aromatic carbocycles. The van der Waals surface area contributed by atoms with E-state index in [1.165, 1.54) is 6.07 Å². The van der Waals surface area contributed by atoms with E-state index in [1.807, 2.05) is 31.5 Å². The van der Waals surface area contributed by atoms with E-state index in [4.69, 9.17) is 0 Å². The molecule has 1 heterocycles. The third-order valence-electron chi connectivity index (χ3n) is 2.81. The first-order chi connectivity index (χ1) is 8.04. The number of nitrogens with zero attached hydrogens (tertiary/aromatic N) is 2. The van der Waals surface area contributed by atoms with E-state index >= 15 is 0 Å². The maximum atomic E-state index is 13.8. The van der Waals surface area contributed by atoms with Gasteiger partial charge in [0.2, 0.25) is 0 Å². The summed E-state index contributed by atoms with van der Waals surface area (Å²) in [4.78, 5) is 0. The molecule has 0 saturated carbocycles. The first kappa shape index (κ1) is 12.3. The van der Waals surface area contributed by atoms with Crippen molar-refractivity contribution in [2.24, 2.45) is 0 Å². The Hall–Kier alpha value is -1.16. The molecule has 0 radical (unpaired) electrons. The Morgan fingerprint density at radius 3 is 2.65 bits per heavy atom. The van der Waals surface area contributed by atoms with Crippen molar-refractivity contribution in [2.45, 2.75) is 27.3 Å². The lowest BCUT2D eigenvalue weighted by molar-refractivity contribution is 0.624. The first-order valence-electron chi connectivity index (χ1n) is 5.54. The zero-order valence-electron chi connectivity index (χ0n) is 10.1. The van der Waals surface area contributed by atoms with Crippen LogP contribution in [0.5, 0.6) is 0 Å². The Bertz CT molecular complexity index is 561. The molecule has 0 amide bonds. The summed E-state index contributed by atoms with van der Waals surface area (Å²) in [7, 11) is 0. The lowest BCUT2D eigenvalue weighted by Gasteiger charge is -2.02. The molecule has 0 aliphatic carbocycles. The van der Waals surface area contributed by atoms with Crippen LogP contribution in [0.2, 0.25) is 0 Å². The number of aromatic nitrogens is 2. The fraction of sp³-hybridized carbons (Fsp3) is 0.308. The zero-order chi connectivity index (χ0) is 12.6. The number of hydrogen-bond acceptors (Lipinski definition) is 1. The number of halogens is 2. The quantitative estimate of drug-likeness (QED) is 0.816. The average Bonchev–Trinajstić information content (AvgIpc) is 2.59. The van der Waals surface area contributed by atoms with Gasteiger partial charge in [0, 0.05) is 12.1 Å². The van der Waals surface area contributed by atoms with Crippen molar-refractivity contribution in [3.8, 4) is 11.3 Å². The molecule has 90 valence electrons. The minimum atomic E-state index is -0.239. The van der Waals surface area contributed by atoms with Gasteiger partial charge in [-0.1, -0.05) is 11.6 Å².